The van der Waals surface area contributed by atoms with Crippen molar-refractivity contribution in [1.82, 2.24) is 10.2 Å². The van der Waals surface area contributed by atoms with Crippen LogP contribution in [0.25, 0.3) is 0 Å². The van der Waals surface area contributed by atoms with Crippen molar-refractivity contribution < 1.29 is 0 Å². The van der Waals surface area contributed by atoms with Crippen LogP contribution in [0.15, 0.2) is 0 Å². The predicted molar refractivity (Wildman–Crippen MR) is 78.0 cm³/mol. The van der Waals surface area contributed by atoms with Gasteiger partial charge in [0.15, 0.2) is 5.82 Å². The molecular formula is C13H20N4S. The third-order valence-electron chi connectivity index (χ3n) is 3.74. The SMILES string of the molecule is Cc1nnc(N2CC(C)CC2C)c(C(N)=S)c1C. The molecule has 1 aromatic heterocycles. The molecule has 0 saturated carbocycles. The van der Waals surface area contributed by atoms with Crippen LogP contribution in [0, 0.1) is 19.8 Å². The van der Waals surface area contributed by atoms with E-state index >= 15 is 0 Å². The summed E-state index contributed by atoms with van der Waals surface area (Å²) in [7, 11) is 0. The molecule has 2 unspecified atom stereocenters. The summed E-state index contributed by atoms with van der Waals surface area (Å²) in [5, 5.41) is 8.55. The van der Waals surface area contributed by atoms with E-state index in [9.17, 15) is 0 Å². The summed E-state index contributed by atoms with van der Waals surface area (Å²) in [4.78, 5) is 2.69. The molecule has 0 aromatic carbocycles. The molecule has 0 spiro atoms. The molecular weight excluding hydrogens is 244 g/mol. The molecule has 98 valence electrons. The Morgan fingerprint density at radius 3 is 2.50 bits per heavy atom. The number of hydrogen-bond donors (Lipinski definition) is 1. The fourth-order valence-electron chi connectivity index (χ4n) is 2.69. The lowest BCUT2D eigenvalue weighted by atomic mass is 10.1. The normalized spacial score (nSPS) is 23.4. The lowest BCUT2D eigenvalue weighted by Crippen LogP contribution is -2.31. The average Bonchev–Trinajstić information content (AvgIpc) is 2.61. The third kappa shape index (κ3) is 2.19. The first-order chi connectivity index (χ1) is 8.41. The maximum absolute atomic E-state index is 5.87. The van der Waals surface area contributed by atoms with E-state index in [4.69, 9.17) is 18.0 Å². The molecule has 2 heterocycles. The number of thiocarbonyl (C=S) groups is 1. The van der Waals surface area contributed by atoms with E-state index in [-0.39, 0.29) is 0 Å². The summed E-state index contributed by atoms with van der Waals surface area (Å²) >= 11 is 5.18. The van der Waals surface area contributed by atoms with Crippen LogP contribution >= 0.6 is 12.2 Å². The maximum atomic E-state index is 5.87. The van der Waals surface area contributed by atoms with E-state index in [1.54, 1.807) is 0 Å². The molecule has 2 N–H and O–H groups in total. The molecule has 2 atom stereocenters. The lowest BCUT2D eigenvalue weighted by molar-refractivity contribution is 0.625. The summed E-state index contributed by atoms with van der Waals surface area (Å²) in [5.41, 5.74) is 8.69. The first-order valence-corrected chi connectivity index (χ1v) is 6.73. The highest BCUT2D eigenvalue weighted by Gasteiger charge is 2.30. The van der Waals surface area contributed by atoms with Gasteiger partial charge in [-0.25, -0.2) is 0 Å². The largest absolute Gasteiger partial charge is 0.389 e. The van der Waals surface area contributed by atoms with Crippen LogP contribution in [0.2, 0.25) is 0 Å². The molecule has 2 rings (SSSR count). The Labute approximate surface area is 114 Å². The highest BCUT2D eigenvalue weighted by atomic mass is 32.1. The predicted octanol–water partition coefficient (Wildman–Crippen LogP) is 1.96. The fraction of sp³-hybridized carbons (Fsp3) is 0.615. The minimum atomic E-state index is 0.409. The molecule has 5 heteroatoms. The zero-order chi connectivity index (χ0) is 13.4. The fourth-order valence-corrected chi connectivity index (χ4v) is 2.93. The topological polar surface area (TPSA) is 55.0 Å². The number of rotatable bonds is 2. The van der Waals surface area contributed by atoms with Gasteiger partial charge in [0.2, 0.25) is 0 Å². The van der Waals surface area contributed by atoms with Gasteiger partial charge in [0.05, 0.1) is 11.3 Å². The van der Waals surface area contributed by atoms with E-state index in [0.717, 1.165) is 29.2 Å². The van der Waals surface area contributed by atoms with Gasteiger partial charge in [-0.15, -0.1) is 5.10 Å². The number of aryl methyl sites for hydroxylation is 1. The van der Waals surface area contributed by atoms with Crippen LogP contribution in [-0.4, -0.2) is 27.8 Å². The first kappa shape index (κ1) is 13.2. The van der Waals surface area contributed by atoms with E-state index in [2.05, 4.69) is 28.9 Å². The van der Waals surface area contributed by atoms with Crippen LogP contribution in [0.3, 0.4) is 0 Å². The van der Waals surface area contributed by atoms with Crippen molar-refractivity contribution in [1.29, 1.82) is 0 Å². The highest BCUT2D eigenvalue weighted by molar-refractivity contribution is 7.80. The van der Waals surface area contributed by atoms with E-state index in [1.807, 2.05) is 13.8 Å². The Morgan fingerprint density at radius 2 is 2.00 bits per heavy atom. The van der Waals surface area contributed by atoms with E-state index < -0.39 is 0 Å². The van der Waals surface area contributed by atoms with Gasteiger partial charge < -0.3 is 10.6 Å². The van der Waals surface area contributed by atoms with Gasteiger partial charge >= 0.3 is 0 Å². The quantitative estimate of drug-likeness (QED) is 0.828. The van der Waals surface area contributed by atoms with Crippen LogP contribution in [0.4, 0.5) is 5.82 Å². The molecule has 0 amide bonds. The molecule has 18 heavy (non-hydrogen) atoms. The molecule has 1 aromatic rings. The number of nitrogens with zero attached hydrogens (tertiary/aromatic N) is 3. The van der Waals surface area contributed by atoms with Gasteiger partial charge in [-0.3, -0.25) is 0 Å². The minimum absolute atomic E-state index is 0.409. The molecule has 1 fully saturated rings. The van der Waals surface area contributed by atoms with E-state index in [1.165, 1.54) is 6.42 Å². The second-order valence-electron chi connectivity index (χ2n) is 5.32. The van der Waals surface area contributed by atoms with Crippen LogP contribution < -0.4 is 10.6 Å². The summed E-state index contributed by atoms with van der Waals surface area (Å²) in [5.74, 6) is 1.52. The first-order valence-electron chi connectivity index (χ1n) is 6.32. The Morgan fingerprint density at radius 1 is 1.33 bits per heavy atom. The third-order valence-corrected chi connectivity index (χ3v) is 3.94. The zero-order valence-corrected chi connectivity index (χ0v) is 12.2. The zero-order valence-electron chi connectivity index (χ0n) is 11.4. The summed E-state index contributed by atoms with van der Waals surface area (Å²) in [6.45, 7) is 9.40. The van der Waals surface area contributed by atoms with E-state index in [0.29, 0.717) is 16.9 Å². The van der Waals surface area contributed by atoms with Crippen molar-refractivity contribution in [3.63, 3.8) is 0 Å². The summed E-state index contributed by atoms with van der Waals surface area (Å²) in [6, 6.07) is 0.463. The molecule has 0 bridgehead atoms. The van der Waals surface area contributed by atoms with Crippen molar-refractivity contribution in [2.24, 2.45) is 11.7 Å². The van der Waals surface area contributed by atoms with Crippen molar-refractivity contribution in [2.75, 3.05) is 11.4 Å². The Balaban J connectivity index is 2.51. The Bertz CT molecular complexity index is 486. The Hall–Kier alpha value is -1.23. The second kappa shape index (κ2) is 4.80. The smallest absolute Gasteiger partial charge is 0.162 e. The van der Waals surface area contributed by atoms with Crippen LogP contribution in [-0.2, 0) is 0 Å². The standard InChI is InChI=1S/C13H20N4S/c1-7-5-8(2)17(6-7)13-11(12(14)18)9(3)10(4)15-16-13/h7-8H,5-6H2,1-4H3,(H2,14,18). The monoisotopic (exact) mass is 264 g/mol. The van der Waals surface area contributed by atoms with Gasteiger partial charge in [0.25, 0.3) is 0 Å². The minimum Gasteiger partial charge on any atom is -0.389 e. The van der Waals surface area contributed by atoms with Gasteiger partial charge in [-0.2, -0.15) is 5.10 Å². The summed E-state index contributed by atoms with van der Waals surface area (Å²) in [6.07, 6.45) is 1.17. The van der Waals surface area contributed by atoms with Gasteiger partial charge in [0, 0.05) is 12.6 Å². The molecule has 0 radical (unpaired) electrons. The number of anilines is 1. The molecule has 4 nitrogen and oxygen atoms in total. The maximum Gasteiger partial charge on any atom is 0.162 e. The number of aromatic nitrogens is 2. The van der Waals surface area contributed by atoms with Crippen LogP contribution in [0.1, 0.15) is 37.1 Å². The second-order valence-corrected chi connectivity index (χ2v) is 5.76. The van der Waals surface area contributed by atoms with Gasteiger partial charge in [-0.1, -0.05) is 19.1 Å². The number of nitrogens with two attached hydrogens (primary N) is 1. The lowest BCUT2D eigenvalue weighted by Gasteiger charge is -2.25. The molecule has 0 aliphatic carbocycles. The van der Waals surface area contributed by atoms with Gasteiger partial charge in [-0.05, 0) is 38.7 Å². The molecule has 1 aliphatic heterocycles. The molecule has 1 saturated heterocycles. The average molecular weight is 264 g/mol. The van der Waals surface area contributed by atoms with Crippen LogP contribution in [0.5, 0.6) is 0 Å². The van der Waals surface area contributed by atoms with Crippen molar-refractivity contribution in [3.05, 3.63) is 16.8 Å². The van der Waals surface area contributed by atoms with Gasteiger partial charge in [0.1, 0.15) is 4.99 Å². The van der Waals surface area contributed by atoms with Crippen molar-refractivity contribution >= 4 is 23.0 Å². The van der Waals surface area contributed by atoms with Crippen molar-refractivity contribution in [2.45, 2.75) is 40.2 Å². The highest BCUT2D eigenvalue weighted by Crippen LogP contribution is 2.31. The van der Waals surface area contributed by atoms with Crippen molar-refractivity contribution in [3.8, 4) is 0 Å². The summed E-state index contributed by atoms with van der Waals surface area (Å²) < 4.78 is 0. The Kier molecular flexibility index (Phi) is 3.52. The molecule has 1 aliphatic rings. The number of hydrogen-bond acceptors (Lipinski definition) is 4.